The van der Waals surface area contributed by atoms with Crippen LogP contribution in [0.1, 0.15) is 33.4 Å². The third-order valence-corrected chi connectivity index (χ3v) is 5.10. The molecule has 0 saturated carbocycles. The Morgan fingerprint density at radius 3 is 2.44 bits per heavy atom. The molecule has 0 unspecified atom stereocenters. The minimum absolute atomic E-state index is 0.0471. The van der Waals surface area contributed by atoms with E-state index in [1.807, 2.05) is 57.6 Å². The lowest BCUT2D eigenvalue weighted by Gasteiger charge is -2.33. The number of alkyl halides is 1. The maximum Gasteiger partial charge on any atom is 0.242 e. The van der Waals surface area contributed by atoms with Crippen molar-refractivity contribution in [2.75, 3.05) is 39.2 Å². The van der Waals surface area contributed by atoms with Crippen molar-refractivity contribution >= 4 is 23.4 Å². The molecular weight excluding hydrogens is 366 g/mol. The molecule has 0 aliphatic heterocycles. The van der Waals surface area contributed by atoms with Crippen molar-refractivity contribution in [2.45, 2.75) is 34.2 Å². The zero-order chi connectivity index (χ0) is 20.6. The second-order valence-corrected chi connectivity index (χ2v) is 8.28. The van der Waals surface area contributed by atoms with Crippen LogP contribution in [-0.4, -0.2) is 65.4 Å². The molecule has 1 rings (SSSR count). The molecule has 154 valence electrons. The molecule has 0 fully saturated rings. The molecule has 0 aliphatic rings. The van der Waals surface area contributed by atoms with Gasteiger partial charge in [-0.15, -0.1) is 11.6 Å². The number of rotatable bonds is 11. The Morgan fingerprint density at radius 2 is 1.96 bits per heavy atom. The third kappa shape index (κ3) is 7.18. The smallest absolute Gasteiger partial charge is 0.242 e. The zero-order valence-electron chi connectivity index (χ0n) is 17.5. The fourth-order valence-electron chi connectivity index (χ4n) is 2.76. The van der Waals surface area contributed by atoms with Crippen LogP contribution in [0.3, 0.4) is 0 Å². The van der Waals surface area contributed by atoms with Gasteiger partial charge in [0.05, 0.1) is 25.1 Å². The Bertz CT molecular complexity index is 613. The lowest BCUT2D eigenvalue weighted by molar-refractivity contribution is -0.146. The highest BCUT2D eigenvalue weighted by atomic mass is 35.5. The average Bonchev–Trinajstić information content (AvgIpc) is 3.01. The molecule has 0 radical (unpaired) electrons. The van der Waals surface area contributed by atoms with Crippen molar-refractivity contribution in [1.82, 2.24) is 14.4 Å². The minimum Gasteiger partial charge on any atom is -0.383 e. The largest absolute Gasteiger partial charge is 0.383 e. The number of ether oxygens (including phenoxy) is 1. The Balaban J connectivity index is 2.95. The Hall–Kier alpha value is -1.53. The van der Waals surface area contributed by atoms with Crippen LogP contribution in [0.5, 0.6) is 0 Å². The minimum atomic E-state index is -0.702. The number of carbonyl (C=O) groups is 2. The molecule has 1 heterocycles. The SMILES string of the molecule is COCCN(Cc1cccn1C)C(=O)CN(CC(C)C)C(=O)C(C)(C)CCl. The molecule has 0 spiro atoms. The van der Waals surface area contributed by atoms with E-state index in [4.69, 9.17) is 16.3 Å². The van der Waals surface area contributed by atoms with Crippen LogP contribution in [0.15, 0.2) is 18.3 Å². The van der Waals surface area contributed by atoms with Crippen LogP contribution in [0.25, 0.3) is 0 Å². The third-order valence-electron chi connectivity index (χ3n) is 4.43. The van der Waals surface area contributed by atoms with Crippen LogP contribution < -0.4 is 0 Å². The van der Waals surface area contributed by atoms with Gasteiger partial charge in [-0.05, 0) is 31.9 Å². The van der Waals surface area contributed by atoms with Gasteiger partial charge in [0.15, 0.2) is 0 Å². The van der Waals surface area contributed by atoms with Crippen LogP contribution >= 0.6 is 11.6 Å². The van der Waals surface area contributed by atoms with Gasteiger partial charge in [0.1, 0.15) is 0 Å². The van der Waals surface area contributed by atoms with Crippen molar-refractivity contribution in [2.24, 2.45) is 18.4 Å². The van der Waals surface area contributed by atoms with Gasteiger partial charge in [-0.2, -0.15) is 0 Å². The highest BCUT2D eigenvalue weighted by molar-refractivity contribution is 6.19. The highest BCUT2D eigenvalue weighted by Crippen LogP contribution is 2.21. The molecule has 1 aromatic heterocycles. The number of aromatic nitrogens is 1. The van der Waals surface area contributed by atoms with Gasteiger partial charge in [-0.3, -0.25) is 9.59 Å². The maximum atomic E-state index is 13.0. The topological polar surface area (TPSA) is 54.8 Å². The van der Waals surface area contributed by atoms with Gasteiger partial charge in [-0.25, -0.2) is 0 Å². The number of amides is 2. The number of nitrogens with zero attached hydrogens (tertiary/aromatic N) is 3. The van der Waals surface area contributed by atoms with Gasteiger partial charge in [0.2, 0.25) is 11.8 Å². The summed E-state index contributed by atoms with van der Waals surface area (Å²) < 4.78 is 7.15. The van der Waals surface area contributed by atoms with Crippen LogP contribution in [-0.2, 0) is 27.9 Å². The highest BCUT2D eigenvalue weighted by Gasteiger charge is 2.33. The maximum absolute atomic E-state index is 13.0. The first-order valence-corrected chi connectivity index (χ1v) is 9.88. The quantitative estimate of drug-likeness (QED) is 0.537. The summed E-state index contributed by atoms with van der Waals surface area (Å²) in [6.07, 6.45) is 1.95. The van der Waals surface area contributed by atoms with Gasteiger partial charge in [0.25, 0.3) is 0 Å². The lowest BCUT2D eigenvalue weighted by Crippen LogP contribution is -2.49. The molecule has 0 atom stereocenters. The van der Waals surface area contributed by atoms with Crippen molar-refractivity contribution in [3.8, 4) is 0 Å². The van der Waals surface area contributed by atoms with Crippen molar-refractivity contribution < 1.29 is 14.3 Å². The molecule has 0 aliphatic carbocycles. The van der Waals surface area contributed by atoms with Crippen LogP contribution in [0.4, 0.5) is 0 Å². The van der Waals surface area contributed by atoms with E-state index in [0.29, 0.717) is 26.2 Å². The molecule has 0 N–H and O–H groups in total. The fraction of sp³-hybridized carbons (Fsp3) is 0.700. The molecule has 0 saturated heterocycles. The van der Waals surface area contributed by atoms with E-state index in [0.717, 1.165) is 5.69 Å². The number of hydrogen-bond donors (Lipinski definition) is 0. The monoisotopic (exact) mass is 399 g/mol. The Kier molecular flexibility index (Phi) is 9.33. The van der Waals surface area contributed by atoms with E-state index >= 15 is 0 Å². The predicted molar refractivity (Wildman–Crippen MR) is 109 cm³/mol. The molecular formula is C20H34ClN3O3. The van der Waals surface area contributed by atoms with E-state index in [2.05, 4.69) is 0 Å². The average molecular weight is 400 g/mol. The first-order valence-electron chi connectivity index (χ1n) is 9.34. The number of carbonyl (C=O) groups excluding carboxylic acids is 2. The normalized spacial score (nSPS) is 11.7. The van der Waals surface area contributed by atoms with E-state index in [9.17, 15) is 9.59 Å². The Morgan fingerprint density at radius 1 is 1.30 bits per heavy atom. The number of hydrogen-bond acceptors (Lipinski definition) is 3. The summed E-state index contributed by atoms with van der Waals surface area (Å²) in [5.41, 5.74) is 0.328. The van der Waals surface area contributed by atoms with E-state index in [1.165, 1.54) is 0 Å². The summed E-state index contributed by atoms with van der Waals surface area (Å²) >= 11 is 5.99. The van der Waals surface area contributed by atoms with Gasteiger partial charge in [-0.1, -0.05) is 13.8 Å². The summed E-state index contributed by atoms with van der Waals surface area (Å²) in [5, 5.41) is 0. The van der Waals surface area contributed by atoms with E-state index in [1.54, 1.807) is 16.9 Å². The predicted octanol–water partition coefficient (Wildman–Crippen LogP) is 2.75. The Labute approximate surface area is 168 Å². The molecule has 7 heteroatoms. The molecule has 0 bridgehead atoms. The van der Waals surface area contributed by atoms with Crippen molar-refractivity contribution in [3.05, 3.63) is 24.0 Å². The van der Waals surface area contributed by atoms with E-state index in [-0.39, 0.29) is 30.2 Å². The molecule has 27 heavy (non-hydrogen) atoms. The first kappa shape index (κ1) is 23.5. The summed E-state index contributed by atoms with van der Waals surface area (Å²) in [4.78, 5) is 29.3. The zero-order valence-corrected chi connectivity index (χ0v) is 18.3. The van der Waals surface area contributed by atoms with Gasteiger partial charge < -0.3 is 19.1 Å². The first-order chi connectivity index (χ1) is 12.6. The van der Waals surface area contributed by atoms with Crippen LogP contribution in [0, 0.1) is 11.3 Å². The summed E-state index contributed by atoms with van der Waals surface area (Å²) in [6, 6.07) is 3.94. The van der Waals surface area contributed by atoms with Crippen molar-refractivity contribution in [3.63, 3.8) is 0 Å². The second kappa shape index (κ2) is 10.7. The number of aryl methyl sites for hydroxylation is 1. The molecule has 6 nitrogen and oxygen atoms in total. The number of methoxy groups -OCH3 is 1. The number of halogens is 1. The van der Waals surface area contributed by atoms with E-state index < -0.39 is 5.41 Å². The van der Waals surface area contributed by atoms with Gasteiger partial charge in [0, 0.05) is 45.0 Å². The second-order valence-electron chi connectivity index (χ2n) is 8.02. The molecule has 2 amide bonds. The molecule has 0 aromatic carbocycles. The lowest BCUT2D eigenvalue weighted by atomic mass is 9.94. The standard InChI is InChI=1S/C20H34ClN3O3/c1-16(2)12-24(19(26)20(3,4)15-21)14-18(25)23(10-11-27-6)13-17-8-7-9-22(17)5/h7-9,16H,10-15H2,1-6H3. The van der Waals surface area contributed by atoms with Crippen molar-refractivity contribution in [1.29, 1.82) is 0 Å². The van der Waals surface area contributed by atoms with Crippen LogP contribution in [0.2, 0.25) is 0 Å². The van der Waals surface area contributed by atoms with Gasteiger partial charge >= 0.3 is 0 Å². The summed E-state index contributed by atoms with van der Waals surface area (Å²) in [7, 11) is 3.56. The fourth-order valence-corrected chi connectivity index (χ4v) is 2.87. The summed E-state index contributed by atoms with van der Waals surface area (Å²) in [6.45, 7) is 9.66. The summed E-state index contributed by atoms with van der Waals surface area (Å²) in [5.74, 6) is 0.289. The molecule has 1 aromatic rings.